The van der Waals surface area contributed by atoms with Crippen LogP contribution in [0.4, 0.5) is 18.0 Å². The number of carboxylic acid groups (broad SMARTS) is 1. The van der Waals surface area contributed by atoms with Gasteiger partial charge in [-0.25, -0.2) is 18.0 Å². The number of amides is 2. The second-order valence-corrected chi connectivity index (χ2v) is 9.52. The second-order valence-electron chi connectivity index (χ2n) is 7.31. The Hall–Kier alpha value is -2.11. The first kappa shape index (κ1) is 24.2. The normalized spacial score (nSPS) is 25.5. The average molecular weight is 455 g/mol. The van der Waals surface area contributed by atoms with Gasteiger partial charge < -0.3 is 20.6 Å². The Morgan fingerprint density at radius 3 is 2.20 bits per heavy atom. The maximum atomic E-state index is 12.5. The first-order valence-electron chi connectivity index (χ1n) is 9.40. The summed E-state index contributed by atoms with van der Waals surface area (Å²) < 4.78 is 58.2. The third-order valence-corrected chi connectivity index (χ3v) is 7.40. The highest BCUT2D eigenvalue weighted by atomic mass is 32.2. The molecule has 2 amide bonds. The monoisotopic (exact) mass is 455 g/mol. The van der Waals surface area contributed by atoms with Crippen LogP contribution in [0.5, 0.6) is 0 Å². The molecule has 3 rings (SSSR count). The molecule has 2 atom stereocenters. The molecule has 2 saturated heterocycles. The summed E-state index contributed by atoms with van der Waals surface area (Å²) in [5.74, 6) is -2.73. The molecule has 30 heavy (non-hydrogen) atoms. The summed E-state index contributed by atoms with van der Waals surface area (Å²) >= 11 is 0. The summed E-state index contributed by atoms with van der Waals surface area (Å²) in [6.07, 6.45) is -2.75. The van der Waals surface area contributed by atoms with E-state index < -0.39 is 27.4 Å². The number of carbonyl (C=O) groups is 2. The van der Waals surface area contributed by atoms with Crippen molar-refractivity contribution >= 4 is 22.0 Å². The van der Waals surface area contributed by atoms with Gasteiger partial charge in [0.1, 0.15) is 5.25 Å². The van der Waals surface area contributed by atoms with Gasteiger partial charge in [0, 0.05) is 51.2 Å². The van der Waals surface area contributed by atoms with E-state index in [9.17, 15) is 26.4 Å². The highest BCUT2D eigenvalue weighted by Gasteiger charge is 2.43. The number of nitrogens with zero attached hydrogens (tertiary/aromatic N) is 3. The fourth-order valence-corrected chi connectivity index (χ4v) is 5.25. The van der Waals surface area contributed by atoms with Gasteiger partial charge in [-0.3, -0.25) is 0 Å². The van der Waals surface area contributed by atoms with Gasteiger partial charge in [0.25, 0.3) is 0 Å². The molecule has 2 heterocycles. The number of piperazine rings is 1. The number of halogens is 3. The minimum atomic E-state index is -5.08. The minimum absolute atomic E-state index is 0.0255. The lowest BCUT2D eigenvalue weighted by Crippen LogP contribution is -2.63. The molecule has 10 nitrogen and oxygen atoms in total. The van der Waals surface area contributed by atoms with Crippen LogP contribution in [-0.4, -0.2) is 91.5 Å². The van der Waals surface area contributed by atoms with Crippen molar-refractivity contribution in [3.63, 3.8) is 0 Å². The molecule has 0 aromatic heterocycles. The number of sulfonamides is 1. The van der Waals surface area contributed by atoms with Crippen molar-refractivity contribution < 1.29 is 36.3 Å². The van der Waals surface area contributed by atoms with Gasteiger partial charge in [-0.15, -0.1) is 0 Å². The number of hydrogen-bond donors (Lipinski definition) is 3. The van der Waals surface area contributed by atoms with Crippen molar-refractivity contribution in [2.75, 3.05) is 39.3 Å². The highest BCUT2D eigenvalue weighted by Crippen LogP contribution is 2.26. The standard InChI is InChI=1S/C14H23N5O3S.C2HF3O2/c15-8-11-1-2-12(7-11)17-14(20)18-9-13(10-18)23(21,22)19-5-3-16-4-6-19;3-2(4,5)1(6)7/h11-13,16H,1-7,9-10H2,(H,17,20);(H,6,7)/t11-,12+;/m0./s1. The summed E-state index contributed by atoms with van der Waals surface area (Å²) in [6.45, 7) is 2.88. The van der Waals surface area contributed by atoms with Crippen LogP contribution < -0.4 is 10.6 Å². The van der Waals surface area contributed by atoms with Crippen molar-refractivity contribution in [2.24, 2.45) is 5.92 Å². The van der Waals surface area contributed by atoms with E-state index >= 15 is 0 Å². The zero-order chi connectivity index (χ0) is 22.5. The number of nitrogens with one attached hydrogen (secondary N) is 2. The number of likely N-dealkylation sites (tertiary alicyclic amines) is 1. The smallest absolute Gasteiger partial charge is 0.475 e. The van der Waals surface area contributed by atoms with Crippen molar-refractivity contribution in [3.05, 3.63) is 0 Å². The number of carbonyl (C=O) groups excluding carboxylic acids is 1. The predicted octanol–water partition coefficient (Wildman–Crippen LogP) is -0.0592. The summed E-state index contributed by atoms with van der Waals surface area (Å²) in [5, 5.41) is 21.6. The van der Waals surface area contributed by atoms with E-state index in [1.54, 1.807) is 4.90 Å². The van der Waals surface area contributed by atoms with Crippen LogP contribution in [-0.2, 0) is 14.8 Å². The fourth-order valence-electron chi connectivity index (χ4n) is 3.40. The Kier molecular flexibility index (Phi) is 7.89. The van der Waals surface area contributed by atoms with Gasteiger partial charge in [-0.05, 0) is 19.3 Å². The molecule has 0 spiro atoms. The molecule has 0 unspecified atom stereocenters. The second kappa shape index (κ2) is 9.80. The molecular formula is C16H24F3N5O5S. The topological polar surface area (TPSA) is 143 Å². The van der Waals surface area contributed by atoms with Crippen LogP contribution >= 0.6 is 0 Å². The lowest BCUT2D eigenvalue weighted by atomic mass is 10.1. The number of nitriles is 1. The largest absolute Gasteiger partial charge is 0.490 e. The van der Waals surface area contributed by atoms with E-state index in [1.165, 1.54) is 4.31 Å². The van der Waals surface area contributed by atoms with Crippen LogP contribution in [0.2, 0.25) is 0 Å². The zero-order valence-corrected chi connectivity index (χ0v) is 16.9. The van der Waals surface area contributed by atoms with Crippen molar-refractivity contribution in [1.82, 2.24) is 19.8 Å². The van der Waals surface area contributed by atoms with E-state index in [-0.39, 0.29) is 31.1 Å². The molecule has 3 fully saturated rings. The Labute approximate surface area is 172 Å². The van der Waals surface area contributed by atoms with Crippen LogP contribution in [0.25, 0.3) is 0 Å². The molecule has 3 N–H and O–H groups in total. The molecule has 0 aromatic rings. The molecule has 170 valence electrons. The summed E-state index contributed by atoms with van der Waals surface area (Å²) in [7, 11) is -3.30. The van der Waals surface area contributed by atoms with Crippen molar-refractivity contribution in [1.29, 1.82) is 5.26 Å². The first-order chi connectivity index (χ1) is 13.9. The SMILES string of the molecule is N#C[C@H]1CC[C@@H](NC(=O)N2CC(S(=O)(=O)N3CCNCC3)C2)C1.O=C(O)C(F)(F)F. The number of rotatable bonds is 3. The molecule has 0 radical (unpaired) electrons. The molecule has 1 saturated carbocycles. The van der Waals surface area contributed by atoms with Crippen molar-refractivity contribution in [3.8, 4) is 6.07 Å². The van der Waals surface area contributed by atoms with Crippen molar-refractivity contribution in [2.45, 2.75) is 36.7 Å². The third kappa shape index (κ3) is 6.19. The number of carboxylic acids is 1. The van der Waals surface area contributed by atoms with Gasteiger partial charge in [0.05, 0.1) is 6.07 Å². The van der Waals surface area contributed by atoms with Crippen LogP contribution in [0.1, 0.15) is 19.3 Å². The lowest BCUT2D eigenvalue weighted by molar-refractivity contribution is -0.192. The summed E-state index contributed by atoms with van der Waals surface area (Å²) in [5.41, 5.74) is 0. The number of aliphatic carboxylic acids is 1. The molecule has 3 aliphatic rings. The van der Waals surface area contributed by atoms with Crippen LogP contribution in [0.15, 0.2) is 0 Å². The Bertz CT molecular complexity index is 773. The van der Waals surface area contributed by atoms with Gasteiger partial charge in [0.15, 0.2) is 0 Å². The number of urea groups is 1. The number of hydrogen-bond acceptors (Lipinski definition) is 6. The molecule has 0 aromatic carbocycles. The predicted molar refractivity (Wildman–Crippen MR) is 97.7 cm³/mol. The molecule has 1 aliphatic carbocycles. The molecular weight excluding hydrogens is 431 g/mol. The van der Waals surface area contributed by atoms with Gasteiger partial charge in [0.2, 0.25) is 10.0 Å². The maximum Gasteiger partial charge on any atom is 0.490 e. The Morgan fingerprint density at radius 1 is 1.17 bits per heavy atom. The minimum Gasteiger partial charge on any atom is -0.475 e. The van der Waals surface area contributed by atoms with Gasteiger partial charge in [-0.1, -0.05) is 0 Å². The maximum absolute atomic E-state index is 12.5. The lowest BCUT2D eigenvalue weighted by Gasteiger charge is -2.41. The Morgan fingerprint density at radius 2 is 1.73 bits per heavy atom. The summed E-state index contributed by atoms with van der Waals surface area (Å²) in [6, 6.07) is 2.06. The van der Waals surface area contributed by atoms with E-state index in [4.69, 9.17) is 15.2 Å². The molecule has 14 heteroatoms. The van der Waals surface area contributed by atoms with E-state index in [2.05, 4.69) is 16.7 Å². The molecule has 2 aliphatic heterocycles. The van der Waals surface area contributed by atoms with Crippen LogP contribution in [0.3, 0.4) is 0 Å². The van der Waals surface area contributed by atoms with E-state index in [0.717, 1.165) is 12.8 Å². The van der Waals surface area contributed by atoms with Crippen LogP contribution in [0, 0.1) is 17.2 Å². The first-order valence-corrected chi connectivity index (χ1v) is 10.9. The van der Waals surface area contributed by atoms with E-state index in [1.807, 2.05) is 0 Å². The quantitative estimate of drug-likeness (QED) is 0.541. The summed E-state index contributed by atoms with van der Waals surface area (Å²) in [4.78, 5) is 22.6. The van der Waals surface area contributed by atoms with E-state index in [0.29, 0.717) is 32.6 Å². The van der Waals surface area contributed by atoms with Gasteiger partial charge in [-0.2, -0.15) is 22.7 Å². The Balaban J connectivity index is 0.000000396. The number of alkyl halides is 3. The highest BCUT2D eigenvalue weighted by molar-refractivity contribution is 7.89. The average Bonchev–Trinajstić information content (AvgIpc) is 3.08. The van der Waals surface area contributed by atoms with Gasteiger partial charge >= 0.3 is 18.2 Å². The zero-order valence-electron chi connectivity index (χ0n) is 16.1. The third-order valence-electron chi connectivity index (χ3n) is 5.18. The fraction of sp³-hybridized carbons (Fsp3) is 0.812. The molecule has 0 bridgehead atoms.